The summed E-state index contributed by atoms with van der Waals surface area (Å²) in [7, 11) is 1.50. The molecule has 0 aliphatic rings. The van der Waals surface area contributed by atoms with Gasteiger partial charge in [0.1, 0.15) is 17.2 Å². The maximum Gasteiger partial charge on any atom is 0.417 e. The van der Waals surface area contributed by atoms with Crippen LogP contribution in [0.2, 0.25) is 0 Å². The van der Waals surface area contributed by atoms with Gasteiger partial charge in [-0.1, -0.05) is 5.57 Å². The summed E-state index contributed by atoms with van der Waals surface area (Å²) in [5, 5.41) is 5.31. The standard InChI is InChI=1S/C26H22F3N5O3/c1-14(2)10-23(35)18-6-4-15(11-19(18)26(27,28)29)32-25-33-20-7-5-16(12-21(20)34-25)37-17-8-9-31-22(13-17)24(36)30-3/h4-13H,1-3H3,(H,30,36)(H2,32,33,34). The van der Waals surface area contributed by atoms with E-state index in [9.17, 15) is 22.8 Å². The molecular weight excluding hydrogens is 487 g/mol. The first-order valence-electron chi connectivity index (χ1n) is 11.1. The molecule has 8 nitrogen and oxygen atoms in total. The molecule has 0 spiro atoms. The van der Waals surface area contributed by atoms with Crippen molar-refractivity contribution < 1.29 is 27.5 Å². The van der Waals surface area contributed by atoms with Crippen molar-refractivity contribution >= 4 is 34.4 Å². The second-order valence-electron chi connectivity index (χ2n) is 8.29. The van der Waals surface area contributed by atoms with Crippen LogP contribution in [0, 0.1) is 0 Å². The van der Waals surface area contributed by atoms with Gasteiger partial charge in [-0.25, -0.2) is 4.98 Å². The second-order valence-corrected chi connectivity index (χ2v) is 8.29. The molecule has 37 heavy (non-hydrogen) atoms. The molecular formula is C26H22F3N5O3. The van der Waals surface area contributed by atoms with Crippen molar-refractivity contribution in [3.8, 4) is 11.5 Å². The lowest BCUT2D eigenvalue weighted by molar-refractivity contribution is -0.137. The second kappa shape index (κ2) is 10.1. The average molecular weight is 509 g/mol. The monoisotopic (exact) mass is 509 g/mol. The molecule has 0 fully saturated rings. The lowest BCUT2D eigenvalue weighted by Crippen LogP contribution is -2.18. The highest BCUT2D eigenvalue weighted by atomic mass is 19.4. The maximum atomic E-state index is 13.7. The predicted octanol–water partition coefficient (Wildman–Crippen LogP) is 6.02. The van der Waals surface area contributed by atoms with Crippen LogP contribution in [-0.4, -0.2) is 33.7 Å². The van der Waals surface area contributed by atoms with E-state index in [4.69, 9.17) is 4.74 Å². The van der Waals surface area contributed by atoms with Crippen molar-refractivity contribution in [1.82, 2.24) is 20.3 Å². The number of H-pyrrole nitrogens is 1. The number of nitrogens with zero attached hydrogens (tertiary/aromatic N) is 2. The number of pyridine rings is 1. The summed E-state index contributed by atoms with van der Waals surface area (Å²) in [6.07, 6.45) is -2.10. The minimum absolute atomic E-state index is 0.107. The Balaban J connectivity index is 1.58. The predicted molar refractivity (Wildman–Crippen MR) is 132 cm³/mol. The zero-order valence-corrected chi connectivity index (χ0v) is 20.0. The molecule has 0 saturated carbocycles. The van der Waals surface area contributed by atoms with Gasteiger partial charge in [0, 0.05) is 36.6 Å². The molecule has 2 aromatic carbocycles. The lowest BCUT2D eigenvalue weighted by Gasteiger charge is -2.13. The number of carbonyl (C=O) groups excluding carboxylic acids is 2. The Morgan fingerprint density at radius 1 is 1.03 bits per heavy atom. The maximum absolute atomic E-state index is 13.7. The molecule has 0 aliphatic carbocycles. The summed E-state index contributed by atoms with van der Waals surface area (Å²) in [5.74, 6) is -0.0430. The number of aromatic amines is 1. The van der Waals surface area contributed by atoms with Crippen LogP contribution in [0.1, 0.15) is 40.3 Å². The number of aromatic nitrogens is 3. The van der Waals surface area contributed by atoms with E-state index in [0.717, 1.165) is 12.1 Å². The number of rotatable bonds is 7. The van der Waals surface area contributed by atoms with Crippen LogP contribution in [0.15, 0.2) is 66.4 Å². The van der Waals surface area contributed by atoms with Crippen LogP contribution >= 0.6 is 0 Å². The van der Waals surface area contributed by atoms with Crippen molar-refractivity contribution in [1.29, 1.82) is 0 Å². The number of fused-ring (bicyclic) bond motifs is 1. The number of carbonyl (C=O) groups is 2. The molecule has 11 heteroatoms. The molecule has 0 radical (unpaired) electrons. The SMILES string of the molecule is CNC(=O)c1cc(Oc2ccc3[nH]c(Nc4ccc(C(=O)C=C(C)C)c(C(F)(F)F)c4)nc3c2)ccn1. The summed E-state index contributed by atoms with van der Waals surface area (Å²) in [6, 6.07) is 11.5. The molecule has 190 valence electrons. The fraction of sp³-hybridized carbons (Fsp3) is 0.154. The fourth-order valence-corrected chi connectivity index (χ4v) is 3.52. The van der Waals surface area contributed by atoms with Gasteiger partial charge in [-0.05, 0) is 56.3 Å². The van der Waals surface area contributed by atoms with Gasteiger partial charge >= 0.3 is 6.18 Å². The van der Waals surface area contributed by atoms with E-state index in [0.29, 0.717) is 28.1 Å². The van der Waals surface area contributed by atoms with Gasteiger partial charge in [0.2, 0.25) is 5.95 Å². The number of ketones is 1. The largest absolute Gasteiger partial charge is 0.457 e. The van der Waals surface area contributed by atoms with Crippen molar-refractivity contribution in [2.24, 2.45) is 0 Å². The minimum Gasteiger partial charge on any atom is -0.457 e. The van der Waals surface area contributed by atoms with E-state index in [1.165, 1.54) is 31.5 Å². The van der Waals surface area contributed by atoms with E-state index in [1.807, 2.05) is 0 Å². The fourth-order valence-electron chi connectivity index (χ4n) is 3.52. The molecule has 4 rings (SSSR count). The summed E-state index contributed by atoms with van der Waals surface area (Å²) >= 11 is 0. The minimum atomic E-state index is -4.72. The molecule has 2 aromatic heterocycles. The number of nitrogens with one attached hydrogen (secondary N) is 3. The molecule has 0 saturated heterocycles. The highest BCUT2D eigenvalue weighted by Gasteiger charge is 2.35. The highest BCUT2D eigenvalue weighted by molar-refractivity contribution is 6.06. The van der Waals surface area contributed by atoms with Crippen molar-refractivity contribution in [3.05, 3.63) is 83.2 Å². The number of imidazole rings is 1. The first-order chi connectivity index (χ1) is 17.5. The third-order valence-electron chi connectivity index (χ3n) is 5.15. The summed E-state index contributed by atoms with van der Waals surface area (Å²) < 4.78 is 46.9. The van der Waals surface area contributed by atoms with E-state index < -0.39 is 23.1 Å². The van der Waals surface area contributed by atoms with Crippen LogP contribution in [0.5, 0.6) is 11.5 Å². The third-order valence-corrected chi connectivity index (χ3v) is 5.15. The first-order valence-corrected chi connectivity index (χ1v) is 11.1. The Hall–Kier alpha value is -4.67. The highest BCUT2D eigenvalue weighted by Crippen LogP contribution is 2.35. The van der Waals surface area contributed by atoms with E-state index in [1.54, 1.807) is 38.1 Å². The molecule has 0 bridgehead atoms. The molecule has 3 N–H and O–H groups in total. The number of amides is 1. The Morgan fingerprint density at radius 3 is 2.49 bits per heavy atom. The van der Waals surface area contributed by atoms with E-state index >= 15 is 0 Å². The number of ether oxygens (including phenoxy) is 1. The molecule has 1 amide bonds. The number of alkyl halides is 3. The zero-order chi connectivity index (χ0) is 26.7. The van der Waals surface area contributed by atoms with Crippen LogP contribution in [0.4, 0.5) is 24.8 Å². The number of hydrogen-bond donors (Lipinski definition) is 3. The number of allylic oxidation sites excluding steroid dienone is 2. The zero-order valence-electron chi connectivity index (χ0n) is 20.0. The Kier molecular flexibility index (Phi) is 6.96. The Bertz CT molecular complexity index is 1520. The third kappa shape index (κ3) is 5.95. The van der Waals surface area contributed by atoms with E-state index in [2.05, 4.69) is 25.6 Å². The van der Waals surface area contributed by atoms with Crippen LogP contribution in [-0.2, 0) is 6.18 Å². The van der Waals surface area contributed by atoms with Crippen LogP contribution < -0.4 is 15.4 Å². The summed E-state index contributed by atoms with van der Waals surface area (Å²) in [6.45, 7) is 3.27. The smallest absolute Gasteiger partial charge is 0.417 e. The van der Waals surface area contributed by atoms with Crippen molar-refractivity contribution in [2.75, 3.05) is 12.4 Å². The Labute approximate surface area is 209 Å². The van der Waals surface area contributed by atoms with Gasteiger partial charge < -0.3 is 20.4 Å². The van der Waals surface area contributed by atoms with Crippen LogP contribution in [0.3, 0.4) is 0 Å². The average Bonchev–Trinajstić information content (AvgIpc) is 3.24. The van der Waals surface area contributed by atoms with Crippen molar-refractivity contribution in [3.63, 3.8) is 0 Å². The molecule has 0 aliphatic heterocycles. The first kappa shape index (κ1) is 25.4. The lowest BCUT2D eigenvalue weighted by atomic mass is 10.0. The Morgan fingerprint density at radius 2 is 1.78 bits per heavy atom. The van der Waals surface area contributed by atoms with Gasteiger partial charge in [0.05, 0.1) is 16.6 Å². The van der Waals surface area contributed by atoms with Crippen molar-refractivity contribution in [2.45, 2.75) is 20.0 Å². The number of hydrogen-bond acceptors (Lipinski definition) is 6. The van der Waals surface area contributed by atoms with Gasteiger partial charge in [0.25, 0.3) is 5.91 Å². The number of halogens is 3. The van der Waals surface area contributed by atoms with Gasteiger partial charge in [0.15, 0.2) is 5.78 Å². The van der Waals surface area contributed by atoms with Gasteiger partial charge in [-0.2, -0.15) is 13.2 Å². The van der Waals surface area contributed by atoms with E-state index in [-0.39, 0.29) is 23.2 Å². The van der Waals surface area contributed by atoms with Gasteiger partial charge in [-0.3, -0.25) is 14.6 Å². The summed E-state index contributed by atoms with van der Waals surface area (Å²) in [4.78, 5) is 35.4. The molecule has 4 aromatic rings. The molecule has 0 unspecified atom stereocenters. The topological polar surface area (TPSA) is 109 Å². The van der Waals surface area contributed by atoms with Crippen LogP contribution in [0.25, 0.3) is 11.0 Å². The normalized spacial score (nSPS) is 11.2. The number of anilines is 2. The van der Waals surface area contributed by atoms with Gasteiger partial charge in [-0.15, -0.1) is 0 Å². The summed E-state index contributed by atoms with van der Waals surface area (Å²) in [5.41, 5.74) is 0.534. The molecule has 0 atom stereocenters. The molecule has 2 heterocycles. The number of benzene rings is 2. The quantitative estimate of drug-likeness (QED) is 0.208.